The highest BCUT2D eigenvalue weighted by Gasteiger charge is 2.07. The Balaban J connectivity index is 1.40. The lowest BCUT2D eigenvalue weighted by atomic mass is 10.1. The first-order chi connectivity index (χ1) is 15.1. The third-order valence-corrected chi connectivity index (χ3v) is 4.38. The van der Waals surface area contributed by atoms with Gasteiger partial charge in [0.15, 0.2) is 17.4 Å². The molecular formula is C20H20N10O. The van der Waals surface area contributed by atoms with Crippen molar-refractivity contribution >= 4 is 23.6 Å². The molecule has 0 unspecified atom stereocenters. The average molecular weight is 416 g/mol. The molecule has 0 aliphatic heterocycles. The average Bonchev–Trinajstić information content (AvgIpc) is 3.20. The van der Waals surface area contributed by atoms with Crippen LogP contribution in [-0.2, 0) is 13.1 Å². The van der Waals surface area contributed by atoms with Crippen LogP contribution in [0.2, 0.25) is 0 Å². The van der Waals surface area contributed by atoms with E-state index in [1.54, 1.807) is 12.4 Å². The minimum absolute atomic E-state index is 0.283. The number of nitrogens with zero attached hydrogens (tertiary/aromatic N) is 6. The predicted octanol–water partition coefficient (Wildman–Crippen LogP) is 1.28. The minimum atomic E-state index is -0.593. The molecule has 0 atom stereocenters. The predicted molar refractivity (Wildman–Crippen MR) is 116 cm³/mol. The molecular weight excluding hydrogens is 396 g/mol. The number of hydrogen-bond donors (Lipinski definition) is 4. The van der Waals surface area contributed by atoms with E-state index in [0.717, 1.165) is 28.2 Å². The van der Waals surface area contributed by atoms with Gasteiger partial charge in [-0.05, 0) is 29.3 Å². The Hall–Kier alpha value is -4.54. The number of rotatable bonds is 6. The number of hydrogen-bond acceptors (Lipinski definition) is 6. The van der Waals surface area contributed by atoms with Crippen LogP contribution in [0.5, 0.6) is 0 Å². The van der Waals surface area contributed by atoms with Gasteiger partial charge in [0.2, 0.25) is 5.95 Å². The third-order valence-electron chi connectivity index (χ3n) is 4.38. The number of aromatic nitrogens is 5. The van der Waals surface area contributed by atoms with E-state index >= 15 is 0 Å². The lowest BCUT2D eigenvalue weighted by Crippen LogP contribution is -2.28. The number of pyridine rings is 1. The lowest BCUT2D eigenvalue weighted by Gasteiger charge is -2.07. The van der Waals surface area contributed by atoms with Crippen LogP contribution >= 0.6 is 0 Å². The summed E-state index contributed by atoms with van der Waals surface area (Å²) in [5.74, 6) is 0.963. The van der Waals surface area contributed by atoms with Crippen LogP contribution in [-0.4, -0.2) is 36.6 Å². The van der Waals surface area contributed by atoms with E-state index in [9.17, 15) is 4.79 Å². The Kier molecular flexibility index (Phi) is 5.65. The molecule has 0 aliphatic carbocycles. The van der Waals surface area contributed by atoms with Gasteiger partial charge in [-0.15, -0.1) is 10.2 Å². The van der Waals surface area contributed by atoms with Gasteiger partial charge >= 0.3 is 6.03 Å². The summed E-state index contributed by atoms with van der Waals surface area (Å²) in [5, 5.41) is 14.1. The molecule has 4 rings (SSSR count). The van der Waals surface area contributed by atoms with Crippen LogP contribution in [0.3, 0.4) is 0 Å². The van der Waals surface area contributed by atoms with Crippen LogP contribution in [0, 0.1) is 0 Å². The summed E-state index contributed by atoms with van der Waals surface area (Å²) in [7, 11) is 0. The summed E-state index contributed by atoms with van der Waals surface area (Å²) in [6.45, 7) is 0.728. The third kappa shape index (κ3) is 4.90. The molecule has 0 saturated heterocycles. The van der Waals surface area contributed by atoms with Crippen molar-refractivity contribution in [2.75, 3.05) is 5.32 Å². The first kappa shape index (κ1) is 19.8. The molecule has 1 aromatic carbocycles. The second-order valence-corrected chi connectivity index (χ2v) is 6.59. The standard InChI is InChI=1S/C20H20N10O/c21-18(22)27-20(31)26-9-13-4-3-5-14(8-13)15-10-23-19(24-11-15)25-12-17-29-28-16-6-1-2-7-30(16)17/h1-8,10-11H,9,12H2,(H,23,24,25)(H5,21,22,26,27,31). The molecule has 2 amide bonds. The summed E-state index contributed by atoms with van der Waals surface area (Å²) >= 11 is 0. The van der Waals surface area contributed by atoms with Crippen LogP contribution in [0.25, 0.3) is 16.8 Å². The van der Waals surface area contributed by atoms with Crippen LogP contribution in [0.1, 0.15) is 11.4 Å². The van der Waals surface area contributed by atoms with E-state index in [2.05, 4.69) is 35.8 Å². The maximum atomic E-state index is 11.5. The molecule has 11 heteroatoms. The molecule has 0 aliphatic rings. The SMILES string of the molecule is NC(N)=NC(=O)NCc1cccc(-c2cnc(NCc3nnc4ccccn34)nc2)c1. The molecule has 0 saturated carbocycles. The van der Waals surface area contributed by atoms with Crippen LogP contribution < -0.4 is 22.1 Å². The van der Waals surface area contributed by atoms with Gasteiger partial charge in [0, 0.05) is 30.7 Å². The van der Waals surface area contributed by atoms with Crippen molar-refractivity contribution in [3.63, 3.8) is 0 Å². The van der Waals surface area contributed by atoms with Crippen LogP contribution in [0.15, 0.2) is 66.0 Å². The fraction of sp³-hybridized carbons (Fsp3) is 0.100. The Morgan fingerprint density at radius 1 is 1.00 bits per heavy atom. The lowest BCUT2D eigenvalue weighted by molar-refractivity contribution is 0.249. The van der Waals surface area contributed by atoms with E-state index < -0.39 is 6.03 Å². The van der Waals surface area contributed by atoms with Crippen molar-refractivity contribution < 1.29 is 4.79 Å². The van der Waals surface area contributed by atoms with Crippen molar-refractivity contribution in [2.45, 2.75) is 13.1 Å². The Bertz CT molecular complexity index is 1230. The molecule has 156 valence electrons. The van der Waals surface area contributed by atoms with Gasteiger partial charge in [0.1, 0.15) is 0 Å². The van der Waals surface area contributed by atoms with E-state index in [1.165, 1.54) is 0 Å². The maximum absolute atomic E-state index is 11.5. The topological polar surface area (TPSA) is 162 Å². The van der Waals surface area contributed by atoms with Crippen molar-refractivity contribution in [3.8, 4) is 11.1 Å². The number of aliphatic imine (C=N–C) groups is 1. The summed E-state index contributed by atoms with van der Waals surface area (Å²) in [5.41, 5.74) is 13.8. The summed E-state index contributed by atoms with van der Waals surface area (Å²) in [4.78, 5) is 23.7. The van der Waals surface area contributed by atoms with Gasteiger partial charge in [-0.2, -0.15) is 4.99 Å². The molecule has 11 nitrogen and oxygen atoms in total. The highest BCUT2D eigenvalue weighted by molar-refractivity contribution is 5.90. The second kappa shape index (κ2) is 8.86. The zero-order valence-corrected chi connectivity index (χ0v) is 16.4. The van der Waals surface area contributed by atoms with Crippen LogP contribution in [0.4, 0.5) is 10.7 Å². The van der Waals surface area contributed by atoms with Crippen molar-refractivity contribution in [3.05, 3.63) is 72.4 Å². The number of urea groups is 1. The number of carbonyl (C=O) groups is 1. The number of guanidine groups is 1. The first-order valence-electron chi connectivity index (χ1n) is 9.40. The fourth-order valence-electron chi connectivity index (χ4n) is 2.93. The largest absolute Gasteiger partial charge is 0.370 e. The Labute approximate surface area is 177 Å². The molecule has 0 bridgehead atoms. The highest BCUT2D eigenvalue weighted by Crippen LogP contribution is 2.19. The molecule has 0 fully saturated rings. The number of amides is 2. The Morgan fingerprint density at radius 2 is 1.84 bits per heavy atom. The van der Waals surface area contributed by atoms with E-state index in [1.807, 2.05) is 53.1 Å². The number of carbonyl (C=O) groups excluding carboxylic acids is 1. The molecule has 31 heavy (non-hydrogen) atoms. The number of anilines is 1. The van der Waals surface area contributed by atoms with E-state index in [-0.39, 0.29) is 12.5 Å². The van der Waals surface area contributed by atoms with Gasteiger partial charge in [-0.3, -0.25) is 4.40 Å². The maximum Gasteiger partial charge on any atom is 0.344 e. The molecule has 0 spiro atoms. The van der Waals surface area contributed by atoms with Gasteiger partial charge in [0.05, 0.1) is 6.54 Å². The number of nitrogens with two attached hydrogens (primary N) is 2. The first-order valence-corrected chi connectivity index (χ1v) is 9.40. The smallest absolute Gasteiger partial charge is 0.344 e. The zero-order chi connectivity index (χ0) is 21.6. The Morgan fingerprint density at radius 3 is 2.65 bits per heavy atom. The van der Waals surface area contributed by atoms with Crippen molar-refractivity contribution in [2.24, 2.45) is 16.5 Å². The quantitative estimate of drug-likeness (QED) is 0.270. The van der Waals surface area contributed by atoms with E-state index in [4.69, 9.17) is 11.5 Å². The summed E-state index contributed by atoms with van der Waals surface area (Å²) in [6.07, 6.45) is 5.37. The molecule has 3 aromatic heterocycles. The molecule has 3 heterocycles. The number of nitrogens with one attached hydrogen (secondary N) is 2. The molecule has 4 aromatic rings. The zero-order valence-electron chi connectivity index (χ0n) is 16.4. The van der Waals surface area contributed by atoms with Gasteiger partial charge in [-0.25, -0.2) is 14.8 Å². The fourth-order valence-corrected chi connectivity index (χ4v) is 2.93. The number of fused-ring (bicyclic) bond motifs is 1. The van der Waals surface area contributed by atoms with Gasteiger partial charge < -0.3 is 22.1 Å². The van der Waals surface area contributed by atoms with Gasteiger partial charge in [-0.1, -0.05) is 24.3 Å². The highest BCUT2D eigenvalue weighted by atomic mass is 16.2. The summed E-state index contributed by atoms with van der Waals surface area (Å²) in [6, 6.07) is 12.8. The minimum Gasteiger partial charge on any atom is -0.370 e. The molecule has 0 radical (unpaired) electrons. The second-order valence-electron chi connectivity index (χ2n) is 6.59. The van der Waals surface area contributed by atoms with E-state index in [0.29, 0.717) is 12.5 Å². The molecule has 6 N–H and O–H groups in total. The summed E-state index contributed by atoms with van der Waals surface area (Å²) < 4.78 is 1.90. The van der Waals surface area contributed by atoms with Crippen molar-refractivity contribution in [1.29, 1.82) is 0 Å². The van der Waals surface area contributed by atoms with Gasteiger partial charge in [0.25, 0.3) is 0 Å². The normalized spacial score (nSPS) is 10.6. The monoisotopic (exact) mass is 416 g/mol. The number of benzene rings is 1. The van der Waals surface area contributed by atoms with Crippen molar-refractivity contribution in [1.82, 2.24) is 29.9 Å².